The van der Waals surface area contributed by atoms with Crippen molar-refractivity contribution in [2.24, 2.45) is 14.1 Å². The largest absolute Gasteiger partial charge is 1.00 e. The normalized spacial score (nSPS) is 11.8. The van der Waals surface area contributed by atoms with E-state index in [1.165, 1.54) is 45.1 Å². The molecule has 0 aromatic carbocycles. The summed E-state index contributed by atoms with van der Waals surface area (Å²) < 4.78 is 54.3. The van der Waals surface area contributed by atoms with Gasteiger partial charge in [-0.15, -0.1) is 10.2 Å². The molecule has 1 unspecified atom stereocenters. The Morgan fingerprint density at radius 1 is 1.12 bits per heavy atom. The van der Waals surface area contributed by atoms with Crippen molar-refractivity contribution < 1.29 is 45.5 Å². The molecule has 24 heavy (non-hydrogen) atoms. The topological polar surface area (TPSA) is 128 Å². The predicted octanol–water partition coefficient (Wildman–Crippen LogP) is -2.97. The third-order valence-electron chi connectivity index (χ3n) is 2.47. The molecule has 0 radical (unpaired) electrons. The molecule has 0 saturated carbocycles. The monoisotopic (exact) mass is 392 g/mol. The van der Waals surface area contributed by atoms with E-state index in [0.717, 1.165) is 4.68 Å². The first-order valence-electron chi connectivity index (χ1n) is 5.80. The quantitative estimate of drug-likeness (QED) is 0.306. The number of aryl methyl sites for hydroxylation is 2. The van der Waals surface area contributed by atoms with Crippen molar-refractivity contribution in [1.29, 1.82) is 0 Å². The van der Waals surface area contributed by atoms with E-state index in [0.29, 0.717) is 5.88 Å². The van der Waals surface area contributed by atoms with Gasteiger partial charge in [-0.3, -0.25) is 13.6 Å². The van der Waals surface area contributed by atoms with Crippen LogP contribution in [0.4, 0.5) is 0 Å². The van der Waals surface area contributed by atoms with E-state index in [4.69, 9.17) is 20.2 Å². The number of ether oxygens (including phenoxy) is 2. The Kier molecular flexibility index (Phi) is 9.04. The van der Waals surface area contributed by atoms with E-state index < -0.39 is 20.1 Å². The molecule has 0 aliphatic rings. The summed E-state index contributed by atoms with van der Waals surface area (Å²) in [6.45, 7) is 0. The van der Waals surface area contributed by atoms with Crippen molar-refractivity contribution in [2.75, 3.05) is 14.2 Å². The van der Waals surface area contributed by atoms with Gasteiger partial charge in [0.1, 0.15) is 5.03 Å². The van der Waals surface area contributed by atoms with Crippen LogP contribution < -0.4 is 28.3 Å². The fourth-order valence-electron chi connectivity index (χ4n) is 1.43. The van der Waals surface area contributed by atoms with Crippen LogP contribution in [0.1, 0.15) is 0 Å². The molecule has 14 heteroatoms. The summed E-state index contributed by atoms with van der Waals surface area (Å²) in [6.07, 6.45) is 0. The van der Waals surface area contributed by atoms with Crippen LogP contribution in [0.15, 0.2) is 22.2 Å². The van der Waals surface area contributed by atoms with E-state index in [2.05, 4.69) is 10.2 Å². The molecule has 0 aliphatic carbocycles. The molecular weight excluding hydrogens is 379 g/mol. The van der Waals surface area contributed by atoms with Crippen molar-refractivity contribution in [3.05, 3.63) is 12.1 Å². The molecule has 2 aromatic heterocycles. The van der Waals surface area contributed by atoms with Gasteiger partial charge in [-0.25, -0.2) is 8.42 Å². The van der Waals surface area contributed by atoms with Crippen LogP contribution in [-0.4, -0.2) is 51.0 Å². The van der Waals surface area contributed by atoms with Crippen LogP contribution in [-0.2, 0) is 34.2 Å². The van der Waals surface area contributed by atoms with E-state index in [9.17, 15) is 17.2 Å². The first-order chi connectivity index (χ1) is 10.6. The van der Waals surface area contributed by atoms with Crippen LogP contribution in [0.5, 0.6) is 11.8 Å². The molecule has 2 heterocycles. The van der Waals surface area contributed by atoms with Gasteiger partial charge in [0.2, 0.25) is 11.8 Å². The predicted molar refractivity (Wildman–Crippen MR) is 79.7 cm³/mol. The number of aromatic nitrogens is 4. The van der Waals surface area contributed by atoms with Gasteiger partial charge in [0, 0.05) is 36.9 Å². The van der Waals surface area contributed by atoms with Crippen LogP contribution >= 0.6 is 10.7 Å². The molecule has 10 nitrogen and oxygen atoms in total. The van der Waals surface area contributed by atoms with Gasteiger partial charge < -0.3 is 14.0 Å². The summed E-state index contributed by atoms with van der Waals surface area (Å²) in [5.41, 5.74) is 0. The van der Waals surface area contributed by atoms with Crippen molar-refractivity contribution in [3.8, 4) is 11.8 Å². The maximum atomic E-state index is 10.8. The fourth-order valence-corrected chi connectivity index (χ4v) is 2.92. The fraction of sp³-hybridized carbons (Fsp3) is 0.400. The van der Waals surface area contributed by atoms with Gasteiger partial charge in [0.25, 0.3) is 9.05 Å². The third-order valence-corrected chi connectivity index (χ3v) is 4.55. The number of halogens is 1. The Hall–Kier alpha value is -1.03. The van der Waals surface area contributed by atoms with Gasteiger partial charge in [0.05, 0.1) is 14.2 Å². The van der Waals surface area contributed by atoms with E-state index in [1.54, 1.807) is 0 Å². The number of hydrogen-bond acceptors (Lipinski definition) is 8. The minimum Gasteiger partial charge on any atom is -0.767 e. The number of nitrogens with zero attached hydrogens (tertiary/aromatic N) is 4. The van der Waals surface area contributed by atoms with Crippen molar-refractivity contribution in [1.82, 2.24) is 19.6 Å². The van der Waals surface area contributed by atoms with Crippen molar-refractivity contribution in [3.63, 3.8) is 0 Å². The SMILES string of the molecule is COc1cc(S(=O)(=O)Cl)n(C)n1.COc1cc(S(=O)[O-])n(C)n1.[Li+]. The number of methoxy groups -OCH3 is 2. The average Bonchev–Trinajstić information content (AvgIpc) is 3.01. The summed E-state index contributed by atoms with van der Waals surface area (Å²) in [5.74, 6) is 0.517. The summed E-state index contributed by atoms with van der Waals surface area (Å²) in [7, 11) is 7.19. The second-order valence-corrected chi connectivity index (χ2v) is 7.37. The first-order valence-corrected chi connectivity index (χ1v) is 9.18. The van der Waals surface area contributed by atoms with Crippen LogP contribution in [0.3, 0.4) is 0 Å². The molecule has 0 N–H and O–H groups in total. The molecule has 2 aromatic rings. The maximum absolute atomic E-state index is 10.8. The van der Waals surface area contributed by atoms with Gasteiger partial charge in [-0.1, -0.05) is 0 Å². The van der Waals surface area contributed by atoms with Crippen LogP contribution in [0, 0.1) is 0 Å². The average molecular weight is 393 g/mol. The number of hydrogen-bond donors (Lipinski definition) is 0. The van der Waals surface area contributed by atoms with E-state index in [-0.39, 0.29) is 34.8 Å². The molecular formula is C10H14ClLiN4O6S2. The molecule has 0 amide bonds. The minimum atomic E-state index is -3.73. The van der Waals surface area contributed by atoms with Crippen molar-refractivity contribution in [2.45, 2.75) is 10.1 Å². The molecule has 1 atom stereocenters. The second-order valence-electron chi connectivity index (χ2n) is 3.97. The Morgan fingerprint density at radius 2 is 1.58 bits per heavy atom. The summed E-state index contributed by atoms with van der Waals surface area (Å²) >= 11 is -2.25. The van der Waals surface area contributed by atoms with Gasteiger partial charge in [-0.05, 0) is 11.1 Å². The van der Waals surface area contributed by atoms with E-state index in [1.807, 2.05) is 0 Å². The molecule has 0 fully saturated rings. The van der Waals surface area contributed by atoms with Crippen LogP contribution in [0.25, 0.3) is 0 Å². The molecule has 0 bridgehead atoms. The molecule has 0 aliphatic heterocycles. The van der Waals surface area contributed by atoms with Gasteiger partial charge >= 0.3 is 18.9 Å². The Morgan fingerprint density at radius 3 is 1.83 bits per heavy atom. The molecule has 2 rings (SSSR count). The second kappa shape index (κ2) is 9.45. The zero-order valence-corrected chi connectivity index (χ0v) is 16.0. The third kappa shape index (κ3) is 6.12. The molecule has 0 saturated heterocycles. The Bertz CT molecular complexity index is 806. The standard InChI is InChI=1S/C5H7ClN2O3S.C5H8N2O3S.Li/c1-8-5(12(6,9)10)3-4(7-8)11-2;1-7-5(11(8)9)3-4(6-7)10-2;/h3H,1-2H3;3H,1-2H3,(H,8,9);/q;;+1/p-1. The zero-order valence-electron chi connectivity index (χ0n) is 13.6. The number of rotatable bonds is 4. The summed E-state index contributed by atoms with van der Waals surface area (Å²) in [4.78, 5) is 0. The summed E-state index contributed by atoms with van der Waals surface area (Å²) in [6, 6.07) is 2.60. The molecule has 0 spiro atoms. The Labute approximate surface area is 158 Å². The van der Waals surface area contributed by atoms with Gasteiger partial charge in [0.15, 0.2) is 5.03 Å². The van der Waals surface area contributed by atoms with E-state index >= 15 is 0 Å². The first kappa shape index (κ1) is 23.0. The van der Waals surface area contributed by atoms with Gasteiger partial charge in [-0.2, -0.15) is 0 Å². The Balaban J connectivity index is 0.000000425. The molecule has 130 valence electrons. The minimum absolute atomic E-state index is 0. The zero-order chi connectivity index (χ0) is 17.8. The van der Waals surface area contributed by atoms with Crippen molar-refractivity contribution >= 4 is 30.8 Å². The maximum Gasteiger partial charge on any atom is 1.00 e. The van der Waals surface area contributed by atoms with Crippen LogP contribution in [0.2, 0.25) is 0 Å². The summed E-state index contributed by atoms with van der Waals surface area (Å²) in [5, 5.41) is 7.51. The smallest absolute Gasteiger partial charge is 0.767 e.